The molecule has 0 saturated carbocycles. The number of halogens is 3. The Labute approximate surface area is 153 Å². The second kappa shape index (κ2) is 7.15. The third-order valence-electron chi connectivity index (χ3n) is 4.22. The zero-order chi connectivity index (χ0) is 18.8. The summed E-state index contributed by atoms with van der Waals surface area (Å²) in [5, 5.41) is 2.51. The maximum Gasteiger partial charge on any atom is 0.417 e. The summed E-state index contributed by atoms with van der Waals surface area (Å²) in [5.74, 6) is -0.263. The molecule has 136 valence electrons. The van der Waals surface area contributed by atoms with Crippen molar-refractivity contribution in [3.05, 3.63) is 71.3 Å². The summed E-state index contributed by atoms with van der Waals surface area (Å²) in [7, 11) is 0. The molecule has 0 spiro atoms. The van der Waals surface area contributed by atoms with Crippen LogP contribution in [0.25, 0.3) is 0 Å². The van der Waals surface area contributed by atoms with Crippen LogP contribution in [0, 0.1) is 6.92 Å². The number of nitrogens with one attached hydrogen (secondary N) is 1. The van der Waals surface area contributed by atoms with Crippen molar-refractivity contribution in [2.45, 2.75) is 25.1 Å². The van der Waals surface area contributed by atoms with Crippen LogP contribution in [0.5, 0.6) is 0 Å². The van der Waals surface area contributed by atoms with Gasteiger partial charge in [-0.15, -0.1) is 0 Å². The molecule has 1 atom stereocenters. The van der Waals surface area contributed by atoms with E-state index < -0.39 is 17.6 Å². The zero-order valence-corrected chi connectivity index (χ0v) is 14.8. The first-order valence-electron chi connectivity index (χ1n) is 8.05. The van der Waals surface area contributed by atoms with Crippen molar-refractivity contribution >= 4 is 22.8 Å². The second-order valence-corrected chi connectivity index (χ2v) is 7.15. The van der Waals surface area contributed by atoms with Crippen LogP contribution in [0.15, 0.2) is 59.6 Å². The van der Waals surface area contributed by atoms with Crippen LogP contribution in [0.2, 0.25) is 0 Å². The predicted molar refractivity (Wildman–Crippen MR) is 97.3 cm³/mol. The lowest BCUT2D eigenvalue weighted by Crippen LogP contribution is -2.46. The number of carbonyl (C=O) groups excluding carboxylic acids is 1. The number of aliphatic imine (C=N–C) groups is 1. The molecule has 0 aromatic heterocycles. The number of nitrogens with zero attached hydrogens (tertiary/aromatic N) is 1. The highest BCUT2D eigenvalue weighted by Gasteiger charge is 2.57. The number of amidine groups is 1. The molecule has 3 nitrogen and oxygen atoms in total. The lowest BCUT2D eigenvalue weighted by molar-refractivity contribution is -0.189. The van der Waals surface area contributed by atoms with E-state index in [2.05, 4.69) is 10.3 Å². The van der Waals surface area contributed by atoms with Gasteiger partial charge in [-0.25, -0.2) is 4.99 Å². The Hall–Kier alpha value is -2.28. The standard InChI is InChI=1S/C19H17F3N2OS/c1-13-6-5-9-15(12-13)18(19(20,21)22)10-11-26-17(24-18)23-16(25)14-7-3-2-4-8-14/h2-9,12H,10-11H2,1H3,(H,23,24,25). The third kappa shape index (κ3) is 3.62. The summed E-state index contributed by atoms with van der Waals surface area (Å²) in [6.45, 7) is 1.74. The minimum Gasteiger partial charge on any atom is -0.301 e. The van der Waals surface area contributed by atoms with Gasteiger partial charge in [0.05, 0.1) is 0 Å². The number of benzene rings is 2. The van der Waals surface area contributed by atoms with E-state index in [4.69, 9.17) is 0 Å². The maximum absolute atomic E-state index is 14.0. The smallest absolute Gasteiger partial charge is 0.301 e. The molecule has 2 aromatic carbocycles. The molecule has 26 heavy (non-hydrogen) atoms. The van der Waals surface area contributed by atoms with Crippen LogP contribution in [-0.4, -0.2) is 23.0 Å². The van der Waals surface area contributed by atoms with Gasteiger partial charge in [0.1, 0.15) is 0 Å². The fourth-order valence-corrected chi connectivity index (χ4v) is 3.84. The summed E-state index contributed by atoms with van der Waals surface area (Å²) < 4.78 is 42.1. The number of rotatable bonds is 2. The van der Waals surface area contributed by atoms with Gasteiger partial charge in [-0.05, 0) is 31.0 Å². The minimum atomic E-state index is -4.56. The van der Waals surface area contributed by atoms with Crippen molar-refractivity contribution in [3.63, 3.8) is 0 Å². The Kier molecular flexibility index (Phi) is 5.09. The largest absolute Gasteiger partial charge is 0.417 e. The fourth-order valence-electron chi connectivity index (χ4n) is 2.86. The highest BCUT2D eigenvalue weighted by atomic mass is 32.2. The van der Waals surface area contributed by atoms with Crippen LogP contribution < -0.4 is 5.32 Å². The Morgan fingerprint density at radius 2 is 1.88 bits per heavy atom. The lowest BCUT2D eigenvalue weighted by Gasteiger charge is -2.36. The molecule has 3 rings (SSSR count). The topological polar surface area (TPSA) is 41.5 Å². The number of alkyl halides is 3. The van der Waals surface area contributed by atoms with Gasteiger partial charge < -0.3 is 5.32 Å². The lowest BCUT2D eigenvalue weighted by atomic mass is 9.86. The summed E-state index contributed by atoms with van der Waals surface area (Å²) in [4.78, 5) is 16.3. The average molecular weight is 378 g/mol. The fraction of sp³-hybridized carbons (Fsp3) is 0.263. The molecule has 0 bridgehead atoms. The molecule has 1 N–H and O–H groups in total. The number of carbonyl (C=O) groups is 1. The molecule has 0 fully saturated rings. The van der Waals surface area contributed by atoms with Gasteiger partial charge >= 0.3 is 6.18 Å². The van der Waals surface area contributed by atoms with Crippen molar-refractivity contribution in [1.82, 2.24) is 5.32 Å². The van der Waals surface area contributed by atoms with Crippen molar-refractivity contribution in [1.29, 1.82) is 0 Å². The molecule has 1 aliphatic rings. The Morgan fingerprint density at radius 3 is 2.54 bits per heavy atom. The second-order valence-electron chi connectivity index (χ2n) is 6.06. The van der Waals surface area contributed by atoms with Crippen LogP contribution in [-0.2, 0) is 5.54 Å². The molecule has 1 aliphatic heterocycles. The molecule has 1 heterocycles. The normalized spacial score (nSPS) is 20.4. The van der Waals surface area contributed by atoms with Gasteiger partial charge in [0.15, 0.2) is 10.7 Å². The van der Waals surface area contributed by atoms with Gasteiger partial charge in [-0.1, -0.05) is 59.8 Å². The molecule has 0 aliphatic carbocycles. The first kappa shape index (κ1) is 18.5. The molecule has 1 unspecified atom stereocenters. The maximum atomic E-state index is 14.0. The quantitative estimate of drug-likeness (QED) is 0.825. The van der Waals surface area contributed by atoms with E-state index in [1.807, 2.05) is 0 Å². The zero-order valence-electron chi connectivity index (χ0n) is 14.0. The predicted octanol–water partition coefficient (Wildman–Crippen LogP) is 4.68. The third-order valence-corrected chi connectivity index (χ3v) is 5.09. The summed E-state index contributed by atoms with van der Waals surface area (Å²) >= 11 is 1.12. The van der Waals surface area contributed by atoms with Crippen LogP contribution in [0.3, 0.4) is 0 Å². The van der Waals surface area contributed by atoms with Crippen molar-refractivity contribution in [2.24, 2.45) is 4.99 Å². The summed E-state index contributed by atoms with van der Waals surface area (Å²) in [6, 6.07) is 14.6. The van der Waals surface area contributed by atoms with Crippen LogP contribution >= 0.6 is 11.8 Å². The number of hydrogen-bond acceptors (Lipinski definition) is 3. The first-order chi connectivity index (χ1) is 12.3. The number of thioether (sulfide) groups is 1. The van der Waals surface area contributed by atoms with Crippen LogP contribution in [0.1, 0.15) is 27.9 Å². The van der Waals surface area contributed by atoms with Crippen molar-refractivity contribution in [2.75, 3.05) is 5.75 Å². The van der Waals surface area contributed by atoms with Crippen molar-refractivity contribution in [3.8, 4) is 0 Å². The Morgan fingerprint density at radius 1 is 1.15 bits per heavy atom. The van der Waals surface area contributed by atoms with E-state index in [9.17, 15) is 18.0 Å². The molecular formula is C19H17F3N2OS. The molecule has 2 aromatic rings. The number of amides is 1. The average Bonchev–Trinajstić information content (AvgIpc) is 2.61. The SMILES string of the molecule is Cc1cccc(C2(C(F)(F)F)CCSC(NC(=O)c3ccccc3)=N2)c1. The van der Waals surface area contributed by atoms with E-state index in [-0.39, 0.29) is 22.9 Å². The van der Waals surface area contributed by atoms with Gasteiger partial charge in [0.2, 0.25) is 0 Å². The van der Waals surface area contributed by atoms with Crippen LogP contribution in [0.4, 0.5) is 13.2 Å². The van der Waals surface area contributed by atoms with Gasteiger partial charge in [-0.2, -0.15) is 13.2 Å². The van der Waals surface area contributed by atoms with Gasteiger partial charge in [0.25, 0.3) is 5.91 Å². The van der Waals surface area contributed by atoms with Gasteiger partial charge in [0, 0.05) is 11.3 Å². The number of aryl methyl sites for hydroxylation is 1. The highest BCUT2D eigenvalue weighted by molar-refractivity contribution is 8.13. The summed E-state index contributed by atoms with van der Waals surface area (Å²) in [5.41, 5.74) is -1.15. The van der Waals surface area contributed by atoms with Gasteiger partial charge in [-0.3, -0.25) is 4.79 Å². The monoisotopic (exact) mass is 378 g/mol. The van der Waals surface area contributed by atoms with E-state index in [0.717, 1.165) is 17.3 Å². The first-order valence-corrected chi connectivity index (χ1v) is 9.03. The molecule has 1 amide bonds. The Bertz CT molecular complexity index is 836. The van der Waals surface area contributed by atoms with E-state index in [1.165, 1.54) is 12.1 Å². The van der Waals surface area contributed by atoms with E-state index in [1.54, 1.807) is 49.4 Å². The van der Waals surface area contributed by atoms with E-state index >= 15 is 0 Å². The minimum absolute atomic E-state index is 0.0102. The Balaban J connectivity index is 1.98. The molecule has 0 saturated heterocycles. The summed E-state index contributed by atoms with van der Waals surface area (Å²) in [6.07, 6.45) is -4.74. The number of hydrogen-bond donors (Lipinski definition) is 1. The van der Waals surface area contributed by atoms with Crippen molar-refractivity contribution < 1.29 is 18.0 Å². The molecular weight excluding hydrogens is 361 g/mol. The van der Waals surface area contributed by atoms with E-state index in [0.29, 0.717) is 5.56 Å². The highest BCUT2D eigenvalue weighted by Crippen LogP contribution is 2.48. The molecule has 7 heteroatoms. The molecule has 0 radical (unpaired) electrons.